The fourth-order valence-corrected chi connectivity index (χ4v) is 2.41. The number of carbonyl (C=O) groups is 1. The van der Waals surface area contributed by atoms with E-state index < -0.39 is 0 Å². The fraction of sp³-hybridized carbons (Fsp3) is 0.167. The van der Waals surface area contributed by atoms with Gasteiger partial charge in [0, 0.05) is 23.3 Å². The number of anilines is 1. The average molecular weight is 357 g/mol. The van der Waals surface area contributed by atoms with E-state index in [0.717, 1.165) is 11.1 Å². The lowest BCUT2D eigenvalue weighted by atomic mass is 10.1. The summed E-state index contributed by atoms with van der Waals surface area (Å²) < 4.78 is 5.26. The van der Waals surface area contributed by atoms with Gasteiger partial charge in [0.05, 0.1) is 0 Å². The van der Waals surface area contributed by atoms with E-state index in [2.05, 4.69) is 15.5 Å². The van der Waals surface area contributed by atoms with Crippen LogP contribution >= 0.6 is 11.6 Å². The number of rotatable bonds is 4. The number of aryl methyl sites for hydroxylation is 1. The van der Waals surface area contributed by atoms with Crippen LogP contribution in [-0.2, 0) is 6.54 Å². The number of aromatic nitrogens is 2. The second-order valence-electron chi connectivity index (χ2n) is 5.62. The van der Waals surface area contributed by atoms with Crippen LogP contribution in [-0.4, -0.2) is 28.1 Å². The summed E-state index contributed by atoms with van der Waals surface area (Å²) in [5.74, 6) is 0.881. The molecule has 3 aromatic rings. The number of hydrogen-bond acceptors (Lipinski definition) is 4. The Hall–Kier alpha value is -2.86. The van der Waals surface area contributed by atoms with Gasteiger partial charge in [-0.05, 0) is 36.8 Å². The molecule has 128 valence electrons. The van der Waals surface area contributed by atoms with Gasteiger partial charge in [0.1, 0.15) is 6.54 Å². The molecule has 0 fully saturated rings. The van der Waals surface area contributed by atoms with E-state index in [0.29, 0.717) is 22.4 Å². The van der Waals surface area contributed by atoms with Crippen molar-refractivity contribution in [1.29, 1.82) is 0 Å². The van der Waals surface area contributed by atoms with E-state index in [-0.39, 0.29) is 12.6 Å². The zero-order valence-electron chi connectivity index (χ0n) is 13.9. The molecule has 0 saturated carbocycles. The van der Waals surface area contributed by atoms with E-state index >= 15 is 0 Å². The quantitative estimate of drug-likeness (QED) is 0.753. The minimum atomic E-state index is -0.280. The lowest BCUT2D eigenvalue weighted by Gasteiger charge is -2.15. The maximum atomic E-state index is 12.2. The number of nitrogens with zero attached hydrogens (tertiary/aromatic N) is 3. The number of halogens is 1. The first kappa shape index (κ1) is 17.0. The van der Waals surface area contributed by atoms with Gasteiger partial charge in [0.25, 0.3) is 0 Å². The molecule has 0 unspecified atom stereocenters. The Morgan fingerprint density at radius 3 is 2.64 bits per heavy atom. The molecule has 6 nitrogen and oxygen atoms in total. The average Bonchev–Trinajstić information content (AvgIpc) is 3.05. The van der Waals surface area contributed by atoms with Crippen LogP contribution in [0.15, 0.2) is 53.1 Å². The highest BCUT2D eigenvalue weighted by Crippen LogP contribution is 2.20. The van der Waals surface area contributed by atoms with Gasteiger partial charge in [-0.3, -0.25) is 0 Å². The predicted molar refractivity (Wildman–Crippen MR) is 96.4 cm³/mol. The van der Waals surface area contributed by atoms with Crippen LogP contribution in [0, 0.1) is 6.92 Å². The van der Waals surface area contributed by atoms with Gasteiger partial charge in [0.2, 0.25) is 11.7 Å². The number of benzene rings is 2. The van der Waals surface area contributed by atoms with Gasteiger partial charge in [-0.15, -0.1) is 0 Å². The minimum absolute atomic E-state index is 0.207. The van der Waals surface area contributed by atoms with Gasteiger partial charge < -0.3 is 14.7 Å². The van der Waals surface area contributed by atoms with Gasteiger partial charge in [-0.2, -0.15) is 4.98 Å². The van der Waals surface area contributed by atoms with Crippen LogP contribution in [0.5, 0.6) is 0 Å². The molecule has 0 aliphatic carbocycles. The molecular formula is C18H17ClN4O2. The van der Waals surface area contributed by atoms with Gasteiger partial charge in [-0.1, -0.05) is 41.0 Å². The van der Waals surface area contributed by atoms with Crippen molar-refractivity contribution in [3.8, 4) is 11.4 Å². The second-order valence-corrected chi connectivity index (χ2v) is 6.06. The Bertz CT molecular complexity index is 877. The van der Waals surface area contributed by atoms with Gasteiger partial charge in [0.15, 0.2) is 0 Å². The first-order valence-corrected chi connectivity index (χ1v) is 8.07. The number of carbonyl (C=O) groups excluding carboxylic acids is 1. The molecule has 2 aromatic carbocycles. The number of urea groups is 1. The zero-order chi connectivity index (χ0) is 17.8. The largest absolute Gasteiger partial charge is 0.337 e. The normalized spacial score (nSPS) is 10.5. The molecule has 0 radical (unpaired) electrons. The highest BCUT2D eigenvalue weighted by atomic mass is 35.5. The summed E-state index contributed by atoms with van der Waals surface area (Å²) >= 11 is 5.83. The third-order valence-corrected chi connectivity index (χ3v) is 3.92. The van der Waals surface area contributed by atoms with Crippen LogP contribution in [0.1, 0.15) is 11.5 Å². The Kier molecular flexibility index (Phi) is 5.00. The lowest BCUT2D eigenvalue weighted by Crippen LogP contribution is -2.30. The van der Waals surface area contributed by atoms with Crippen LogP contribution in [0.3, 0.4) is 0 Å². The van der Waals surface area contributed by atoms with Crippen molar-refractivity contribution in [2.75, 3.05) is 12.4 Å². The molecule has 0 spiro atoms. The molecule has 0 aliphatic rings. The Morgan fingerprint density at radius 2 is 1.92 bits per heavy atom. The topological polar surface area (TPSA) is 71.3 Å². The first-order valence-electron chi connectivity index (χ1n) is 7.69. The highest BCUT2D eigenvalue weighted by Gasteiger charge is 2.15. The van der Waals surface area contributed by atoms with Crippen LogP contribution < -0.4 is 5.32 Å². The summed E-state index contributed by atoms with van der Waals surface area (Å²) in [6.45, 7) is 2.19. The number of hydrogen-bond donors (Lipinski definition) is 1. The molecule has 0 aliphatic heterocycles. The molecule has 0 saturated heterocycles. The van der Waals surface area contributed by atoms with Crippen molar-refractivity contribution in [3.63, 3.8) is 0 Å². The summed E-state index contributed by atoms with van der Waals surface area (Å²) in [6, 6.07) is 14.4. The molecule has 1 heterocycles. The van der Waals surface area contributed by atoms with E-state index in [1.54, 1.807) is 31.3 Å². The maximum Gasteiger partial charge on any atom is 0.322 e. The molecule has 1 N–H and O–H groups in total. The number of amides is 2. The SMILES string of the molecule is Cc1ccccc1-c1noc(CN(C)C(=O)Nc2ccc(Cl)cc2)n1. The molecule has 1 aromatic heterocycles. The summed E-state index contributed by atoms with van der Waals surface area (Å²) in [7, 11) is 1.66. The van der Waals surface area contributed by atoms with Crippen molar-refractivity contribution < 1.29 is 9.32 Å². The smallest absolute Gasteiger partial charge is 0.322 e. The minimum Gasteiger partial charge on any atom is -0.337 e. The monoisotopic (exact) mass is 356 g/mol. The molecule has 25 heavy (non-hydrogen) atoms. The third kappa shape index (κ3) is 4.16. The Balaban J connectivity index is 1.65. The van der Waals surface area contributed by atoms with Crippen LogP contribution in [0.2, 0.25) is 5.02 Å². The second kappa shape index (κ2) is 7.36. The molecule has 3 rings (SSSR count). The fourth-order valence-electron chi connectivity index (χ4n) is 2.28. The Labute approximate surface area is 150 Å². The molecular weight excluding hydrogens is 340 g/mol. The van der Waals surface area contributed by atoms with Crippen molar-refractivity contribution in [2.24, 2.45) is 0 Å². The third-order valence-electron chi connectivity index (χ3n) is 3.67. The summed E-state index contributed by atoms with van der Waals surface area (Å²) in [6.07, 6.45) is 0. The van der Waals surface area contributed by atoms with Crippen molar-refractivity contribution in [1.82, 2.24) is 15.0 Å². The van der Waals surface area contributed by atoms with Crippen LogP contribution in [0.25, 0.3) is 11.4 Å². The van der Waals surface area contributed by atoms with Crippen LogP contribution in [0.4, 0.5) is 10.5 Å². The molecule has 0 bridgehead atoms. The van der Waals surface area contributed by atoms with E-state index in [4.69, 9.17) is 16.1 Å². The molecule has 7 heteroatoms. The summed E-state index contributed by atoms with van der Waals surface area (Å²) in [4.78, 5) is 18.1. The maximum absolute atomic E-state index is 12.2. The summed E-state index contributed by atoms with van der Waals surface area (Å²) in [5.41, 5.74) is 2.63. The summed E-state index contributed by atoms with van der Waals surface area (Å²) in [5, 5.41) is 7.38. The predicted octanol–water partition coefficient (Wildman–Crippen LogP) is 4.36. The standard InChI is InChI=1S/C18H17ClN4O2/c1-12-5-3-4-6-15(12)17-21-16(25-22-17)11-23(2)18(24)20-14-9-7-13(19)8-10-14/h3-10H,11H2,1-2H3,(H,20,24). The zero-order valence-corrected chi connectivity index (χ0v) is 14.6. The van der Waals surface area contributed by atoms with Crippen molar-refractivity contribution in [2.45, 2.75) is 13.5 Å². The van der Waals surface area contributed by atoms with E-state index in [9.17, 15) is 4.79 Å². The van der Waals surface area contributed by atoms with E-state index in [1.807, 2.05) is 31.2 Å². The first-order chi connectivity index (χ1) is 12.0. The van der Waals surface area contributed by atoms with Crippen molar-refractivity contribution in [3.05, 3.63) is 65.0 Å². The lowest BCUT2D eigenvalue weighted by molar-refractivity contribution is 0.213. The van der Waals surface area contributed by atoms with Gasteiger partial charge >= 0.3 is 6.03 Å². The highest BCUT2D eigenvalue weighted by molar-refractivity contribution is 6.30. The Morgan fingerprint density at radius 1 is 1.20 bits per heavy atom. The van der Waals surface area contributed by atoms with Gasteiger partial charge in [-0.25, -0.2) is 4.79 Å². The molecule has 2 amide bonds. The number of nitrogens with one attached hydrogen (secondary N) is 1. The van der Waals surface area contributed by atoms with E-state index in [1.165, 1.54) is 4.90 Å². The van der Waals surface area contributed by atoms with Crippen molar-refractivity contribution >= 4 is 23.3 Å². The molecule has 0 atom stereocenters.